The molecule has 2 fully saturated rings. The quantitative estimate of drug-likeness (QED) is 0.681. The van der Waals surface area contributed by atoms with E-state index in [-0.39, 0.29) is 11.7 Å². The first kappa shape index (κ1) is 16.4. The lowest BCUT2D eigenvalue weighted by atomic mass is 9.70. The summed E-state index contributed by atoms with van der Waals surface area (Å²) in [6.07, 6.45) is 6.31. The zero-order chi connectivity index (χ0) is 18.2. The molecule has 27 heavy (non-hydrogen) atoms. The van der Waals surface area contributed by atoms with E-state index in [1.54, 1.807) is 0 Å². The van der Waals surface area contributed by atoms with E-state index >= 15 is 0 Å². The lowest BCUT2D eigenvalue weighted by molar-refractivity contribution is 0.258. The third-order valence-corrected chi connectivity index (χ3v) is 5.77. The Morgan fingerprint density at radius 2 is 1.78 bits per heavy atom. The van der Waals surface area contributed by atoms with Gasteiger partial charge in [0.1, 0.15) is 11.6 Å². The Bertz CT molecular complexity index is 933. The highest BCUT2D eigenvalue weighted by Gasteiger charge is 2.37. The molecule has 3 aromatic rings. The van der Waals surface area contributed by atoms with Gasteiger partial charge >= 0.3 is 0 Å². The highest BCUT2D eigenvalue weighted by molar-refractivity contribution is 5.60. The first-order valence-electron chi connectivity index (χ1n) is 9.58. The number of nitrogens with zero attached hydrogens (tertiary/aromatic N) is 4. The summed E-state index contributed by atoms with van der Waals surface area (Å²) in [7, 11) is 0. The van der Waals surface area contributed by atoms with Crippen LogP contribution in [-0.2, 0) is 0 Å². The molecule has 2 unspecified atom stereocenters. The lowest BCUT2D eigenvalue weighted by Gasteiger charge is -2.34. The molecule has 0 bridgehead atoms. The van der Waals surface area contributed by atoms with Crippen LogP contribution in [-0.4, -0.2) is 28.2 Å². The second-order valence-electron chi connectivity index (χ2n) is 7.39. The van der Waals surface area contributed by atoms with Gasteiger partial charge in [0.25, 0.3) is 0 Å². The monoisotopic (exact) mass is 364 g/mol. The van der Waals surface area contributed by atoms with Crippen LogP contribution in [0.5, 0.6) is 0 Å². The van der Waals surface area contributed by atoms with Gasteiger partial charge in [-0.3, -0.25) is 0 Å². The summed E-state index contributed by atoms with van der Waals surface area (Å²) in [5.74, 6) is 2.57. The number of anilines is 1. The van der Waals surface area contributed by atoms with Gasteiger partial charge < -0.3 is 9.42 Å². The van der Waals surface area contributed by atoms with Gasteiger partial charge in [-0.25, -0.2) is 9.37 Å². The third-order valence-electron chi connectivity index (χ3n) is 5.77. The number of halogens is 1. The van der Waals surface area contributed by atoms with Gasteiger partial charge in [-0.05, 0) is 61.4 Å². The van der Waals surface area contributed by atoms with Crippen LogP contribution in [0, 0.1) is 5.82 Å². The average molecular weight is 364 g/mol. The van der Waals surface area contributed by atoms with Gasteiger partial charge in [0.2, 0.25) is 11.7 Å². The van der Waals surface area contributed by atoms with Crippen LogP contribution in [0.3, 0.4) is 0 Å². The molecule has 0 amide bonds. The van der Waals surface area contributed by atoms with Crippen LogP contribution in [0.25, 0.3) is 11.4 Å². The standard InChI is InChI=1S/C21H21FN4O/c22-16-5-3-14(4-6-16)17-7-8-18(17)21-24-20(25-27-21)15-9-10-23-19(13-15)26-11-1-2-12-26/h3-6,9-10,13,17-18H,1-2,7-8,11-12H2. The molecule has 0 radical (unpaired) electrons. The molecule has 1 saturated heterocycles. The molecule has 138 valence electrons. The molecule has 5 rings (SSSR count). The molecule has 2 atom stereocenters. The first-order chi connectivity index (χ1) is 13.3. The SMILES string of the molecule is Fc1ccc(C2CCC2c2nc(-c3ccnc(N4CCCC4)c3)no2)cc1. The number of rotatable bonds is 4. The molecule has 1 saturated carbocycles. The number of aromatic nitrogens is 3. The number of hydrogen-bond donors (Lipinski definition) is 0. The Labute approximate surface area is 157 Å². The fourth-order valence-corrected chi connectivity index (χ4v) is 4.08. The molecule has 2 aromatic heterocycles. The zero-order valence-corrected chi connectivity index (χ0v) is 15.0. The summed E-state index contributed by atoms with van der Waals surface area (Å²) < 4.78 is 18.8. The minimum atomic E-state index is -0.207. The highest BCUT2D eigenvalue weighted by atomic mass is 19.1. The van der Waals surface area contributed by atoms with E-state index in [0.29, 0.717) is 17.6 Å². The Hall–Kier alpha value is -2.76. The van der Waals surface area contributed by atoms with Crippen molar-refractivity contribution in [2.45, 2.75) is 37.5 Å². The summed E-state index contributed by atoms with van der Waals surface area (Å²) in [5, 5.41) is 4.21. The summed E-state index contributed by atoms with van der Waals surface area (Å²) in [6.45, 7) is 2.10. The van der Waals surface area contributed by atoms with Crippen molar-refractivity contribution in [2.24, 2.45) is 0 Å². The fraction of sp³-hybridized carbons (Fsp3) is 0.381. The molecule has 0 N–H and O–H groups in total. The minimum absolute atomic E-state index is 0.205. The maximum absolute atomic E-state index is 13.2. The van der Waals surface area contributed by atoms with Gasteiger partial charge in [-0.15, -0.1) is 0 Å². The molecule has 0 spiro atoms. The summed E-state index contributed by atoms with van der Waals surface area (Å²) in [5.41, 5.74) is 2.06. The topological polar surface area (TPSA) is 55.1 Å². The molecule has 1 aliphatic carbocycles. The number of hydrogen-bond acceptors (Lipinski definition) is 5. The van der Waals surface area contributed by atoms with E-state index in [2.05, 4.69) is 20.0 Å². The van der Waals surface area contributed by atoms with Crippen molar-refractivity contribution < 1.29 is 8.91 Å². The Morgan fingerprint density at radius 1 is 1.00 bits per heavy atom. The average Bonchev–Trinajstić information content (AvgIpc) is 3.35. The van der Waals surface area contributed by atoms with Crippen LogP contribution in [0.4, 0.5) is 10.2 Å². The second-order valence-corrected chi connectivity index (χ2v) is 7.39. The second kappa shape index (κ2) is 6.76. The van der Waals surface area contributed by atoms with Crippen LogP contribution < -0.4 is 4.90 Å². The largest absolute Gasteiger partial charge is 0.357 e. The van der Waals surface area contributed by atoms with E-state index in [0.717, 1.165) is 42.9 Å². The smallest absolute Gasteiger partial charge is 0.230 e. The third kappa shape index (κ3) is 3.09. The Morgan fingerprint density at radius 3 is 2.52 bits per heavy atom. The van der Waals surface area contributed by atoms with Crippen LogP contribution >= 0.6 is 0 Å². The van der Waals surface area contributed by atoms with Gasteiger partial charge in [0, 0.05) is 30.8 Å². The number of pyridine rings is 1. The van der Waals surface area contributed by atoms with Crippen molar-refractivity contribution in [1.29, 1.82) is 0 Å². The van der Waals surface area contributed by atoms with Crippen molar-refractivity contribution in [2.75, 3.05) is 18.0 Å². The van der Waals surface area contributed by atoms with E-state index in [1.807, 2.05) is 30.5 Å². The molecule has 2 aliphatic rings. The van der Waals surface area contributed by atoms with E-state index in [1.165, 1.54) is 25.0 Å². The summed E-state index contributed by atoms with van der Waals surface area (Å²) in [4.78, 5) is 11.4. The van der Waals surface area contributed by atoms with E-state index < -0.39 is 0 Å². The lowest BCUT2D eigenvalue weighted by Crippen LogP contribution is -2.22. The molecular formula is C21H21FN4O. The van der Waals surface area contributed by atoms with Gasteiger partial charge in [0.05, 0.1) is 0 Å². The maximum atomic E-state index is 13.2. The van der Waals surface area contributed by atoms with Crippen molar-refractivity contribution in [3.05, 3.63) is 59.9 Å². The minimum Gasteiger partial charge on any atom is -0.357 e. The highest BCUT2D eigenvalue weighted by Crippen LogP contribution is 2.48. The predicted molar refractivity (Wildman–Crippen MR) is 100 cm³/mol. The van der Waals surface area contributed by atoms with E-state index in [9.17, 15) is 4.39 Å². The van der Waals surface area contributed by atoms with Gasteiger partial charge in [-0.2, -0.15) is 4.98 Å². The van der Waals surface area contributed by atoms with Gasteiger partial charge in [-0.1, -0.05) is 17.3 Å². The van der Waals surface area contributed by atoms with Crippen molar-refractivity contribution in [3.63, 3.8) is 0 Å². The van der Waals surface area contributed by atoms with Crippen LogP contribution in [0.15, 0.2) is 47.1 Å². The van der Waals surface area contributed by atoms with Crippen molar-refractivity contribution in [3.8, 4) is 11.4 Å². The normalized spacial score (nSPS) is 22.0. The molecule has 6 heteroatoms. The van der Waals surface area contributed by atoms with Crippen LogP contribution in [0.2, 0.25) is 0 Å². The van der Waals surface area contributed by atoms with Crippen molar-refractivity contribution >= 4 is 5.82 Å². The van der Waals surface area contributed by atoms with E-state index in [4.69, 9.17) is 4.52 Å². The maximum Gasteiger partial charge on any atom is 0.230 e. The fourth-order valence-electron chi connectivity index (χ4n) is 4.08. The Kier molecular flexibility index (Phi) is 4.11. The molecule has 5 nitrogen and oxygen atoms in total. The van der Waals surface area contributed by atoms with Crippen molar-refractivity contribution in [1.82, 2.24) is 15.1 Å². The Balaban J connectivity index is 1.37. The summed E-state index contributed by atoms with van der Waals surface area (Å²) >= 11 is 0. The van der Waals surface area contributed by atoms with Crippen LogP contribution in [0.1, 0.15) is 49.0 Å². The first-order valence-corrected chi connectivity index (χ1v) is 9.58. The molecule has 3 heterocycles. The zero-order valence-electron chi connectivity index (χ0n) is 15.0. The predicted octanol–water partition coefficient (Wildman–Crippen LogP) is 4.53. The molecule has 1 aliphatic heterocycles. The van der Waals surface area contributed by atoms with Gasteiger partial charge in [0.15, 0.2) is 0 Å². The molecule has 1 aromatic carbocycles. The number of benzene rings is 1. The molecular weight excluding hydrogens is 343 g/mol. The summed E-state index contributed by atoms with van der Waals surface area (Å²) in [6, 6.07) is 10.7.